The lowest BCUT2D eigenvalue weighted by Crippen LogP contribution is -2.65. The minimum atomic E-state index is -0.186. The van der Waals surface area contributed by atoms with E-state index in [1.54, 1.807) is 0 Å². The fourth-order valence-electron chi connectivity index (χ4n) is 3.07. The number of benzene rings is 1. The van der Waals surface area contributed by atoms with E-state index in [9.17, 15) is 0 Å². The van der Waals surface area contributed by atoms with Crippen LogP contribution in [0.1, 0.15) is 45.7 Å². The number of rotatable bonds is 0. The van der Waals surface area contributed by atoms with Crippen LogP contribution in [0.15, 0.2) is 24.3 Å². The molecule has 88 valence electrons. The van der Waals surface area contributed by atoms with E-state index in [-0.39, 0.29) is 16.4 Å². The minimum absolute atomic E-state index is 0.0192. The Morgan fingerprint density at radius 3 is 2.19 bits per heavy atom. The standard InChI is InChI=1S/C15H23N/c1-13(2)10-11-8-6-7-9-12(11)14(3,4)15(13,5)16/h6-9H,10,16H2,1-5H3. The van der Waals surface area contributed by atoms with Gasteiger partial charge in [0.2, 0.25) is 0 Å². The molecule has 1 aromatic carbocycles. The van der Waals surface area contributed by atoms with Gasteiger partial charge in [0.25, 0.3) is 0 Å². The van der Waals surface area contributed by atoms with Gasteiger partial charge in [-0.3, -0.25) is 0 Å². The molecular formula is C15H23N. The van der Waals surface area contributed by atoms with Crippen LogP contribution in [0.25, 0.3) is 0 Å². The third kappa shape index (κ3) is 1.27. The summed E-state index contributed by atoms with van der Waals surface area (Å²) in [6.07, 6.45) is 1.07. The topological polar surface area (TPSA) is 26.0 Å². The van der Waals surface area contributed by atoms with Crippen molar-refractivity contribution in [3.63, 3.8) is 0 Å². The Bertz CT molecular complexity index is 413. The Labute approximate surface area is 99.0 Å². The first kappa shape index (κ1) is 11.7. The minimum Gasteiger partial charge on any atom is -0.324 e. The molecule has 0 spiro atoms. The molecule has 0 aliphatic heterocycles. The summed E-state index contributed by atoms with van der Waals surface area (Å²) in [5.41, 5.74) is 9.49. The fraction of sp³-hybridized carbons (Fsp3) is 0.600. The Balaban J connectivity index is 2.68. The van der Waals surface area contributed by atoms with E-state index in [0.29, 0.717) is 0 Å². The van der Waals surface area contributed by atoms with Gasteiger partial charge in [-0.1, -0.05) is 52.0 Å². The van der Waals surface area contributed by atoms with E-state index in [1.165, 1.54) is 11.1 Å². The smallest absolute Gasteiger partial charge is 0.0273 e. The molecule has 16 heavy (non-hydrogen) atoms. The highest BCUT2D eigenvalue weighted by Crippen LogP contribution is 2.51. The fourth-order valence-corrected chi connectivity index (χ4v) is 3.07. The van der Waals surface area contributed by atoms with Crippen molar-refractivity contribution >= 4 is 0 Å². The molecular weight excluding hydrogens is 194 g/mol. The van der Waals surface area contributed by atoms with Gasteiger partial charge in [0.1, 0.15) is 0 Å². The number of fused-ring (bicyclic) bond motifs is 1. The molecule has 1 atom stereocenters. The van der Waals surface area contributed by atoms with Gasteiger partial charge in [-0.2, -0.15) is 0 Å². The van der Waals surface area contributed by atoms with E-state index in [4.69, 9.17) is 5.73 Å². The molecule has 2 rings (SSSR count). The quantitative estimate of drug-likeness (QED) is 0.709. The molecule has 0 aromatic heterocycles. The van der Waals surface area contributed by atoms with Crippen LogP contribution >= 0.6 is 0 Å². The summed E-state index contributed by atoms with van der Waals surface area (Å²) in [5, 5.41) is 0. The lowest BCUT2D eigenvalue weighted by Gasteiger charge is -2.56. The molecule has 0 fully saturated rings. The second kappa shape index (κ2) is 3.10. The molecule has 1 aromatic rings. The van der Waals surface area contributed by atoms with Gasteiger partial charge in [-0.25, -0.2) is 0 Å². The van der Waals surface area contributed by atoms with Crippen molar-refractivity contribution < 1.29 is 0 Å². The Morgan fingerprint density at radius 1 is 1.00 bits per heavy atom. The third-order valence-electron chi connectivity index (χ3n) is 5.03. The first-order valence-electron chi connectivity index (χ1n) is 6.07. The molecule has 0 bridgehead atoms. The van der Waals surface area contributed by atoms with Gasteiger partial charge >= 0.3 is 0 Å². The highest BCUT2D eigenvalue weighted by atomic mass is 14.8. The van der Waals surface area contributed by atoms with Crippen molar-refractivity contribution in [3.05, 3.63) is 35.4 Å². The molecule has 1 nitrogen and oxygen atoms in total. The summed E-state index contributed by atoms with van der Waals surface area (Å²) in [4.78, 5) is 0. The molecule has 0 saturated carbocycles. The van der Waals surface area contributed by atoms with E-state index in [2.05, 4.69) is 58.9 Å². The average molecular weight is 217 g/mol. The van der Waals surface area contributed by atoms with Gasteiger partial charge in [0.15, 0.2) is 0 Å². The molecule has 0 amide bonds. The third-order valence-corrected chi connectivity index (χ3v) is 5.03. The molecule has 2 N–H and O–H groups in total. The molecule has 1 unspecified atom stereocenters. The predicted molar refractivity (Wildman–Crippen MR) is 69.5 cm³/mol. The zero-order valence-electron chi connectivity index (χ0n) is 11.1. The highest BCUT2D eigenvalue weighted by molar-refractivity contribution is 5.42. The van der Waals surface area contributed by atoms with E-state index in [1.807, 2.05) is 0 Å². The Morgan fingerprint density at radius 2 is 1.56 bits per heavy atom. The molecule has 0 saturated heterocycles. The summed E-state index contributed by atoms with van der Waals surface area (Å²) in [5.74, 6) is 0. The van der Waals surface area contributed by atoms with Crippen molar-refractivity contribution in [1.29, 1.82) is 0 Å². The largest absolute Gasteiger partial charge is 0.324 e. The zero-order chi connectivity index (χ0) is 12.2. The maximum absolute atomic E-state index is 6.65. The molecule has 1 aliphatic rings. The molecule has 0 heterocycles. The lowest BCUT2D eigenvalue weighted by molar-refractivity contribution is 0.0848. The lowest BCUT2D eigenvalue weighted by atomic mass is 9.51. The van der Waals surface area contributed by atoms with Gasteiger partial charge < -0.3 is 5.73 Å². The predicted octanol–water partition coefficient (Wildman–Crippen LogP) is 3.26. The maximum atomic E-state index is 6.65. The van der Waals surface area contributed by atoms with E-state index in [0.717, 1.165) is 6.42 Å². The van der Waals surface area contributed by atoms with Crippen molar-refractivity contribution in [2.75, 3.05) is 0 Å². The van der Waals surface area contributed by atoms with Crippen LogP contribution < -0.4 is 5.73 Å². The van der Waals surface area contributed by atoms with Crippen molar-refractivity contribution in [2.45, 2.75) is 52.0 Å². The van der Waals surface area contributed by atoms with Crippen molar-refractivity contribution in [3.8, 4) is 0 Å². The number of hydrogen-bond acceptors (Lipinski definition) is 1. The van der Waals surface area contributed by atoms with Crippen molar-refractivity contribution in [1.82, 2.24) is 0 Å². The maximum Gasteiger partial charge on any atom is 0.0273 e. The second-order valence-electron chi connectivity index (χ2n) is 6.55. The second-order valence-corrected chi connectivity index (χ2v) is 6.55. The summed E-state index contributed by atoms with van der Waals surface area (Å²) in [6, 6.07) is 8.73. The molecule has 1 aliphatic carbocycles. The number of nitrogens with two attached hydrogens (primary N) is 1. The van der Waals surface area contributed by atoms with Crippen LogP contribution in [-0.2, 0) is 11.8 Å². The van der Waals surface area contributed by atoms with Crippen LogP contribution in [0.5, 0.6) is 0 Å². The van der Waals surface area contributed by atoms with Crippen LogP contribution in [0, 0.1) is 5.41 Å². The summed E-state index contributed by atoms with van der Waals surface area (Å²) >= 11 is 0. The normalized spacial score (nSPS) is 30.9. The Kier molecular flexibility index (Phi) is 2.26. The van der Waals surface area contributed by atoms with Gasteiger partial charge in [0, 0.05) is 11.0 Å². The van der Waals surface area contributed by atoms with Crippen molar-refractivity contribution in [2.24, 2.45) is 11.1 Å². The summed E-state index contributed by atoms with van der Waals surface area (Å²) < 4.78 is 0. The van der Waals surface area contributed by atoms with Crippen LogP contribution in [-0.4, -0.2) is 5.54 Å². The van der Waals surface area contributed by atoms with Gasteiger partial charge in [0.05, 0.1) is 0 Å². The van der Waals surface area contributed by atoms with E-state index < -0.39 is 0 Å². The van der Waals surface area contributed by atoms with Crippen LogP contribution in [0.4, 0.5) is 0 Å². The summed E-state index contributed by atoms with van der Waals surface area (Å²) in [7, 11) is 0. The van der Waals surface area contributed by atoms with E-state index >= 15 is 0 Å². The zero-order valence-corrected chi connectivity index (χ0v) is 11.1. The monoisotopic (exact) mass is 217 g/mol. The van der Waals surface area contributed by atoms with Crippen LogP contribution in [0.3, 0.4) is 0 Å². The first-order valence-corrected chi connectivity index (χ1v) is 6.07. The molecule has 0 radical (unpaired) electrons. The summed E-state index contributed by atoms with van der Waals surface area (Å²) in [6.45, 7) is 11.3. The van der Waals surface area contributed by atoms with Crippen LogP contribution in [0.2, 0.25) is 0 Å². The Hall–Kier alpha value is -0.820. The highest BCUT2D eigenvalue weighted by Gasteiger charge is 2.53. The number of hydrogen-bond donors (Lipinski definition) is 1. The van der Waals surface area contributed by atoms with Gasteiger partial charge in [-0.15, -0.1) is 0 Å². The van der Waals surface area contributed by atoms with Gasteiger partial charge in [-0.05, 0) is 29.9 Å². The SMILES string of the molecule is CC1(C)Cc2ccccc2C(C)(C)C1(C)N. The average Bonchev–Trinajstić information content (AvgIpc) is 2.15. The first-order chi connectivity index (χ1) is 7.20. The molecule has 1 heteroatoms.